The summed E-state index contributed by atoms with van der Waals surface area (Å²) in [6.07, 6.45) is 0.792. The van der Waals surface area contributed by atoms with Gasteiger partial charge < -0.3 is 14.6 Å². The van der Waals surface area contributed by atoms with Gasteiger partial charge in [0.05, 0.1) is 24.8 Å². The molecule has 1 atom stereocenters. The van der Waals surface area contributed by atoms with Crippen molar-refractivity contribution in [3.05, 3.63) is 99.8 Å². The molecule has 0 bridgehead atoms. The molecule has 2 heterocycles. The zero-order valence-corrected chi connectivity index (χ0v) is 25.6. The molecule has 8 nitrogen and oxygen atoms in total. The van der Waals surface area contributed by atoms with Crippen molar-refractivity contribution in [2.75, 3.05) is 18.1 Å². The Kier molecular flexibility index (Phi) is 9.64. The number of hydrogen-bond acceptors (Lipinski definition) is 9. The fourth-order valence-corrected chi connectivity index (χ4v) is 6.44. The van der Waals surface area contributed by atoms with Crippen LogP contribution in [0.3, 0.4) is 0 Å². The van der Waals surface area contributed by atoms with Crippen molar-refractivity contribution < 1.29 is 28.6 Å². The molecule has 1 aromatic heterocycles. The summed E-state index contributed by atoms with van der Waals surface area (Å²) >= 11 is 8.57. The molecule has 12 heteroatoms. The molecule has 0 radical (unpaired) electrons. The molecule has 0 saturated carbocycles. The zero-order chi connectivity index (χ0) is 30.5. The van der Waals surface area contributed by atoms with Gasteiger partial charge in [0.1, 0.15) is 11.6 Å². The molecule has 1 amide bonds. The highest BCUT2D eigenvalue weighted by Crippen LogP contribution is 2.45. The number of nitrogens with zero attached hydrogens (tertiary/aromatic N) is 3. The van der Waals surface area contributed by atoms with Gasteiger partial charge >= 0.3 is 5.91 Å². The third-order valence-corrected chi connectivity index (χ3v) is 8.86. The second kappa shape index (κ2) is 13.6. The SMILES string of the molecule is CCCOc1ccc(C2C(=C(O)c3ccc(F)cc3)C(=O)C(=O)N2c2nnc(SCc3ccc(Cl)cc3)s2)cc1OCC. The number of aromatic nitrogens is 2. The van der Waals surface area contributed by atoms with E-state index in [2.05, 4.69) is 10.2 Å². The minimum Gasteiger partial charge on any atom is -0.507 e. The van der Waals surface area contributed by atoms with Gasteiger partial charge in [0.15, 0.2) is 15.8 Å². The molecule has 1 saturated heterocycles. The van der Waals surface area contributed by atoms with Crippen molar-refractivity contribution in [2.24, 2.45) is 0 Å². The van der Waals surface area contributed by atoms with Gasteiger partial charge in [-0.05, 0) is 73.0 Å². The first-order valence-electron chi connectivity index (χ1n) is 13.5. The number of rotatable bonds is 11. The van der Waals surface area contributed by atoms with Gasteiger partial charge in [-0.2, -0.15) is 0 Å². The number of aliphatic hydroxyl groups excluding tert-OH is 1. The molecule has 3 aromatic carbocycles. The lowest BCUT2D eigenvalue weighted by atomic mass is 9.95. The molecular weight excluding hydrogens is 613 g/mol. The molecular formula is C31H27ClFN3O5S2. The van der Waals surface area contributed by atoms with Gasteiger partial charge in [-0.3, -0.25) is 14.5 Å². The summed E-state index contributed by atoms with van der Waals surface area (Å²) in [6, 6.07) is 16.5. The largest absolute Gasteiger partial charge is 0.507 e. The van der Waals surface area contributed by atoms with Crippen LogP contribution in [0.2, 0.25) is 5.02 Å². The second-order valence-electron chi connectivity index (χ2n) is 9.43. The van der Waals surface area contributed by atoms with Crippen LogP contribution in [0.25, 0.3) is 5.76 Å². The number of hydrogen-bond donors (Lipinski definition) is 1. The maximum Gasteiger partial charge on any atom is 0.301 e. The van der Waals surface area contributed by atoms with Gasteiger partial charge in [0.25, 0.3) is 5.78 Å². The lowest BCUT2D eigenvalue weighted by Crippen LogP contribution is -2.29. The first kappa shape index (κ1) is 30.5. The van der Waals surface area contributed by atoms with E-state index in [-0.39, 0.29) is 16.3 Å². The van der Waals surface area contributed by atoms with Crippen LogP contribution in [0.15, 0.2) is 76.6 Å². The molecule has 5 rings (SSSR count). The Morgan fingerprint density at radius 3 is 2.47 bits per heavy atom. The van der Waals surface area contributed by atoms with Crippen LogP contribution >= 0.6 is 34.7 Å². The molecule has 1 aliphatic heterocycles. The fraction of sp³-hybridized carbons (Fsp3) is 0.226. The maximum atomic E-state index is 13.7. The zero-order valence-electron chi connectivity index (χ0n) is 23.3. The van der Waals surface area contributed by atoms with Crippen molar-refractivity contribution >= 4 is 57.3 Å². The monoisotopic (exact) mass is 639 g/mol. The van der Waals surface area contributed by atoms with Crippen molar-refractivity contribution in [3.63, 3.8) is 0 Å². The smallest absolute Gasteiger partial charge is 0.301 e. The molecule has 222 valence electrons. The summed E-state index contributed by atoms with van der Waals surface area (Å²) < 4.78 is 25.9. The van der Waals surface area contributed by atoms with Crippen LogP contribution in [0, 0.1) is 5.82 Å². The van der Waals surface area contributed by atoms with Crippen molar-refractivity contribution in [2.45, 2.75) is 36.4 Å². The van der Waals surface area contributed by atoms with Gasteiger partial charge in [-0.15, -0.1) is 10.2 Å². The summed E-state index contributed by atoms with van der Waals surface area (Å²) in [7, 11) is 0. The van der Waals surface area contributed by atoms with Crippen molar-refractivity contribution in [1.82, 2.24) is 10.2 Å². The number of aliphatic hydroxyl groups is 1. The topological polar surface area (TPSA) is 102 Å². The molecule has 1 fully saturated rings. The summed E-state index contributed by atoms with van der Waals surface area (Å²) in [5, 5.41) is 20.7. The van der Waals surface area contributed by atoms with Crippen molar-refractivity contribution in [3.8, 4) is 11.5 Å². The molecule has 1 N–H and O–H groups in total. The van der Waals surface area contributed by atoms with Crippen LogP contribution in [-0.2, 0) is 15.3 Å². The number of carbonyl (C=O) groups excluding carboxylic acids is 2. The Balaban J connectivity index is 1.57. The normalized spacial score (nSPS) is 16.1. The Hall–Kier alpha value is -3.93. The third kappa shape index (κ3) is 6.69. The maximum absolute atomic E-state index is 13.7. The number of anilines is 1. The number of Topliss-reactive ketones (excluding diaryl/α,β-unsaturated/α-hetero) is 1. The highest BCUT2D eigenvalue weighted by atomic mass is 35.5. The lowest BCUT2D eigenvalue weighted by Gasteiger charge is -2.23. The van der Waals surface area contributed by atoms with E-state index in [1.165, 1.54) is 40.9 Å². The van der Waals surface area contributed by atoms with E-state index in [1.54, 1.807) is 30.3 Å². The predicted octanol–water partition coefficient (Wildman–Crippen LogP) is 7.44. The van der Waals surface area contributed by atoms with Crippen LogP contribution < -0.4 is 14.4 Å². The Labute approximate surface area is 261 Å². The summed E-state index contributed by atoms with van der Waals surface area (Å²) in [5.74, 6) is -1.18. The average Bonchev–Trinajstić information content (AvgIpc) is 3.58. The standard InChI is InChI=1S/C31H27ClFN3O5S2/c1-3-15-41-23-14-9-20(16-24(23)40-4-2)26-25(27(37)19-7-12-22(33)13-8-19)28(38)29(39)36(26)30-34-35-31(43-30)42-17-18-5-10-21(32)11-6-18/h5-14,16,26,37H,3-4,15,17H2,1-2H3. The molecule has 43 heavy (non-hydrogen) atoms. The van der Waals surface area contributed by atoms with E-state index in [0.29, 0.717) is 45.4 Å². The van der Waals surface area contributed by atoms with E-state index >= 15 is 0 Å². The van der Waals surface area contributed by atoms with E-state index in [0.717, 1.165) is 23.3 Å². The second-order valence-corrected chi connectivity index (χ2v) is 12.0. The van der Waals surface area contributed by atoms with E-state index in [9.17, 15) is 19.1 Å². The number of halogens is 2. The van der Waals surface area contributed by atoms with Crippen LogP contribution in [-0.4, -0.2) is 40.2 Å². The lowest BCUT2D eigenvalue weighted by molar-refractivity contribution is -0.132. The average molecular weight is 640 g/mol. The quantitative estimate of drug-likeness (QED) is 0.0594. The first-order valence-corrected chi connectivity index (χ1v) is 15.7. The minimum atomic E-state index is -1.06. The molecule has 4 aromatic rings. The number of amides is 1. The van der Waals surface area contributed by atoms with E-state index in [4.69, 9.17) is 21.1 Å². The Morgan fingerprint density at radius 1 is 1.02 bits per heavy atom. The molecule has 1 unspecified atom stereocenters. The number of carbonyl (C=O) groups is 2. The number of ether oxygens (including phenoxy) is 2. The summed E-state index contributed by atoms with van der Waals surface area (Å²) in [6.45, 7) is 4.65. The highest BCUT2D eigenvalue weighted by Gasteiger charge is 2.48. The molecule has 0 spiro atoms. The Morgan fingerprint density at radius 2 is 1.77 bits per heavy atom. The van der Waals surface area contributed by atoms with Gasteiger partial charge in [-0.25, -0.2) is 4.39 Å². The number of thioether (sulfide) groups is 1. The van der Waals surface area contributed by atoms with Gasteiger partial charge in [0, 0.05) is 16.3 Å². The van der Waals surface area contributed by atoms with Crippen LogP contribution in [0.1, 0.15) is 43.0 Å². The summed E-state index contributed by atoms with van der Waals surface area (Å²) in [5.41, 5.74) is 1.54. The van der Waals surface area contributed by atoms with E-state index < -0.39 is 29.3 Å². The number of ketones is 1. The minimum absolute atomic E-state index is 0.160. The molecule has 0 aliphatic carbocycles. The van der Waals surface area contributed by atoms with Crippen LogP contribution in [0.5, 0.6) is 11.5 Å². The number of benzene rings is 3. The van der Waals surface area contributed by atoms with Crippen molar-refractivity contribution in [1.29, 1.82) is 0 Å². The Bertz CT molecular complexity index is 1660. The molecule has 1 aliphatic rings. The first-order chi connectivity index (χ1) is 20.8. The van der Waals surface area contributed by atoms with Crippen LogP contribution in [0.4, 0.5) is 9.52 Å². The van der Waals surface area contributed by atoms with Gasteiger partial charge in [0.2, 0.25) is 5.13 Å². The van der Waals surface area contributed by atoms with Gasteiger partial charge in [-0.1, -0.05) is 59.8 Å². The summed E-state index contributed by atoms with van der Waals surface area (Å²) in [4.78, 5) is 28.3. The third-order valence-electron chi connectivity index (χ3n) is 6.48. The highest BCUT2D eigenvalue weighted by molar-refractivity contribution is 8.00. The fourth-order valence-electron chi connectivity index (χ4n) is 4.49. The predicted molar refractivity (Wildman–Crippen MR) is 166 cm³/mol. The van der Waals surface area contributed by atoms with E-state index in [1.807, 2.05) is 26.0 Å².